The van der Waals surface area contributed by atoms with Crippen LogP contribution in [0.4, 0.5) is 10.5 Å². The van der Waals surface area contributed by atoms with Gasteiger partial charge in [0, 0.05) is 17.1 Å². The Balaban J connectivity index is 2.30. The molecule has 0 spiro atoms. The van der Waals surface area contributed by atoms with Crippen LogP contribution in [0.25, 0.3) is 0 Å². The van der Waals surface area contributed by atoms with Gasteiger partial charge in [-0.1, -0.05) is 6.07 Å². The standard InChI is InChI=1S/C13H21N3OS/c1-16(2)9-5-8-14-13(17)15-11-6-4-7-12(10-11)18-3/h4,6-7,10H,5,8-9H2,1-3H3,(H2,14,15,17). The van der Waals surface area contributed by atoms with Crippen LogP contribution in [0.15, 0.2) is 29.2 Å². The number of carbonyl (C=O) groups is 1. The third-order valence-corrected chi connectivity index (χ3v) is 3.12. The summed E-state index contributed by atoms with van der Waals surface area (Å²) >= 11 is 1.66. The van der Waals surface area contributed by atoms with Crippen LogP contribution in [0, 0.1) is 0 Å². The number of carbonyl (C=O) groups excluding carboxylic acids is 1. The Kier molecular flexibility index (Phi) is 6.60. The van der Waals surface area contributed by atoms with Crippen molar-refractivity contribution in [2.24, 2.45) is 0 Å². The number of hydrogen-bond acceptors (Lipinski definition) is 3. The number of thioether (sulfide) groups is 1. The largest absolute Gasteiger partial charge is 0.338 e. The number of amides is 2. The zero-order valence-corrected chi connectivity index (χ0v) is 12.0. The third-order valence-electron chi connectivity index (χ3n) is 2.40. The lowest BCUT2D eigenvalue weighted by molar-refractivity contribution is 0.251. The van der Waals surface area contributed by atoms with Crippen molar-refractivity contribution in [2.75, 3.05) is 38.8 Å². The minimum Gasteiger partial charge on any atom is -0.338 e. The second-order valence-corrected chi connectivity index (χ2v) is 5.15. The van der Waals surface area contributed by atoms with E-state index in [1.807, 2.05) is 44.6 Å². The second kappa shape index (κ2) is 8.00. The van der Waals surface area contributed by atoms with Crippen LogP contribution in [-0.2, 0) is 0 Å². The summed E-state index contributed by atoms with van der Waals surface area (Å²) in [6.07, 6.45) is 2.96. The molecule has 5 heteroatoms. The molecule has 0 fully saturated rings. The maximum Gasteiger partial charge on any atom is 0.319 e. The van der Waals surface area contributed by atoms with Gasteiger partial charge in [-0.25, -0.2) is 4.79 Å². The molecule has 4 nitrogen and oxygen atoms in total. The first-order chi connectivity index (χ1) is 8.61. The molecule has 0 aliphatic heterocycles. The molecule has 0 saturated carbocycles. The molecule has 0 atom stereocenters. The third kappa shape index (κ3) is 5.93. The number of urea groups is 1. The molecule has 0 radical (unpaired) electrons. The zero-order valence-electron chi connectivity index (χ0n) is 11.2. The summed E-state index contributed by atoms with van der Waals surface area (Å²) in [5.41, 5.74) is 0.826. The average molecular weight is 267 g/mol. The predicted octanol–water partition coefficient (Wildman–Crippen LogP) is 2.48. The normalized spacial score (nSPS) is 10.4. The number of nitrogens with one attached hydrogen (secondary N) is 2. The minimum absolute atomic E-state index is 0.146. The van der Waals surface area contributed by atoms with Crippen LogP contribution < -0.4 is 10.6 Å². The monoisotopic (exact) mass is 267 g/mol. The summed E-state index contributed by atoms with van der Waals surface area (Å²) in [5.74, 6) is 0. The molecule has 0 heterocycles. The van der Waals surface area contributed by atoms with Gasteiger partial charge in [0.2, 0.25) is 0 Å². The van der Waals surface area contributed by atoms with E-state index in [0.717, 1.165) is 23.5 Å². The number of nitrogens with zero attached hydrogens (tertiary/aromatic N) is 1. The first-order valence-electron chi connectivity index (χ1n) is 5.95. The van der Waals surface area contributed by atoms with E-state index in [-0.39, 0.29) is 6.03 Å². The van der Waals surface area contributed by atoms with E-state index in [9.17, 15) is 4.79 Å². The first kappa shape index (κ1) is 14.9. The van der Waals surface area contributed by atoms with E-state index >= 15 is 0 Å². The fourth-order valence-electron chi connectivity index (χ4n) is 1.47. The van der Waals surface area contributed by atoms with Crippen molar-refractivity contribution in [2.45, 2.75) is 11.3 Å². The Bertz CT molecular complexity index is 382. The molecule has 0 unspecified atom stereocenters. The first-order valence-corrected chi connectivity index (χ1v) is 7.18. The van der Waals surface area contributed by atoms with Gasteiger partial charge in [-0.2, -0.15) is 0 Å². The second-order valence-electron chi connectivity index (χ2n) is 4.27. The lowest BCUT2D eigenvalue weighted by Gasteiger charge is -2.11. The summed E-state index contributed by atoms with van der Waals surface area (Å²) in [6, 6.07) is 7.66. The maximum atomic E-state index is 11.6. The average Bonchev–Trinajstić information content (AvgIpc) is 2.34. The van der Waals surface area contributed by atoms with E-state index < -0.39 is 0 Å². The van der Waals surface area contributed by atoms with Crippen LogP contribution in [0.3, 0.4) is 0 Å². The molecule has 0 bridgehead atoms. The van der Waals surface area contributed by atoms with Gasteiger partial charge in [-0.05, 0) is 51.5 Å². The van der Waals surface area contributed by atoms with Gasteiger partial charge in [0.15, 0.2) is 0 Å². The van der Waals surface area contributed by atoms with Gasteiger partial charge < -0.3 is 15.5 Å². The molecule has 0 aliphatic carbocycles. The van der Waals surface area contributed by atoms with Crippen LogP contribution in [0.5, 0.6) is 0 Å². The molecule has 100 valence electrons. The Labute approximate surface area is 113 Å². The Morgan fingerprint density at radius 2 is 2.17 bits per heavy atom. The topological polar surface area (TPSA) is 44.4 Å². The van der Waals surface area contributed by atoms with E-state index in [2.05, 4.69) is 15.5 Å². The molecule has 1 aromatic carbocycles. The molecule has 1 aromatic rings. The zero-order chi connectivity index (χ0) is 13.4. The summed E-state index contributed by atoms with van der Waals surface area (Å²) in [5, 5.41) is 5.67. The molecule has 0 aliphatic rings. The van der Waals surface area contributed by atoms with Gasteiger partial charge in [0.25, 0.3) is 0 Å². The molecule has 2 amide bonds. The van der Waals surface area contributed by atoms with Crippen molar-refractivity contribution < 1.29 is 4.79 Å². The maximum absolute atomic E-state index is 11.6. The number of anilines is 1. The van der Waals surface area contributed by atoms with E-state index in [1.165, 1.54) is 0 Å². The van der Waals surface area contributed by atoms with Crippen LogP contribution in [0.2, 0.25) is 0 Å². The molecular weight excluding hydrogens is 246 g/mol. The van der Waals surface area contributed by atoms with Crippen molar-refractivity contribution >= 4 is 23.5 Å². The smallest absolute Gasteiger partial charge is 0.319 e. The van der Waals surface area contributed by atoms with Crippen molar-refractivity contribution in [3.8, 4) is 0 Å². The highest BCUT2D eigenvalue weighted by molar-refractivity contribution is 7.98. The Hall–Kier alpha value is -1.20. The highest BCUT2D eigenvalue weighted by Gasteiger charge is 2.01. The Morgan fingerprint density at radius 1 is 1.39 bits per heavy atom. The molecule has 0 aromatic heterocycles. The summed E-state index contributed by atoms with van der Waals surface area (Å²) < 4.78 is 0. The number of hydrogen-bond donors (Lipinski definition) is 2. The summed E-state index contributed by atoms with van der Waals surface area (Å²) in [7, 11) is 4.04. The highest BCUT2D eigenvalue weighted by atomic mass is 32.2. The fraction of sp³-hybridized carbons (Fsp3) is 0.462. The fourth-order valence-corrected chi connectivity index (χ4v) is 1.93. The predicted molar refractivity (Wildman–Crippen MR) is 78.4 cm³/mol. The lowest BCUT2D eigenvalue weighted by atomic mass is 10.3. The van der Waals surface area contributed by atoms with Gasteiger partial charge in [0.1, 0.15) is 0 Å². The highest BCUT2D eigenvalue weighted by Crippen LogP contribution is 2.18. The van der Waals surface area contributed by atoms with Crippen LogP contribution >= 0.6 is 11.8 Å². The lowest BCUT2D eigenvalue weighted by Crippen LogP contribution is -2.31. The van der Waals surface area contributed by atoms with Crippen LogP contribution in [-0.4, -0.2) is 44.4 Å². The summed E-state index contributed by atoms with van der Waals surface area (Å²) in [6.45, 7) is 1.66. The van der Waals surface area contributed by atoms with Crippen LogP contribution in [0.1, 0.15) is 6.42 Å². The van der Waals surface area contributed by atoms with Crippen molar-refractivity contribution in [1.29, 1.82) is 0 Å². The molecule has 2 N–H and O–H groups in total. The van der Waals surface area contributed by atoms with Crippen molar-refractivity contribution in [3.63, 3.8) is 0 Å². The molecule has 0 saturated heterocycles. The van der Waals surface area contributed by atoms with Gasteiger partial charge in [-0.15, -0.1) is 11.8 Å². The van der Waals surface area contributed by atoms with Crippen molar-refractivity contribution in [1.82, 2.24) is 10.2 Å². The Morgan fingerprint density at radius 3 is 2.83 bits per heavy atom. The minimum atomic E-state index is -0.146. The van der Waals surface area contributed by atoms with E-state index in [4.69, 9.17) is 0 Å². The number of benzene rings is 1. The van der Waals surface area contributed by atoms with Gasteiger partial charge in [0.05, 0.1) is 0 Å². The molecule has 1 rings (SSSR count). The summed E-state index contributed by atoms with van der Waals surface area (Å²) in [4.78, 5) is 14.9. The van der Waals surface area contributed by atoms with Crippen molar-refractivity contribution in [3.05, 3.63) is 24.3 Å². The van der Waals surface area contributed by atoms with Gasteiger partial charge >= 0.3 is 6.03 Å². The number of rotatable bonds is 6. The molecular formula is C13H21N3OS. The van der Waals surface area contributed by atoms with Gasteiger partial charge in [-0.3, -0.25) is 0 Å². The van der Waals surface area contributed by atoms with E-state index in [1.54, 1.807) is 11.8 Å². The quantitative estimate of drug-likeness (QED) is 0.615. The van der Waals surface area contributed by atoms with E-state index in [0.29, 0.717) is 6.54 Å². The molecule has 18 heavy (non-hydrogen) atoms. The SMILES string of the molecule is CSc1cccc(NC(=O)NCCCN(C)C)c1.